The number of hydrogen-bond acceptors (Lipinski definition) is 4. The molecule has 2 unspecified atom stereocenters. The molecule has 9 heteroatoms. The summed E-state index contributed by atoms with van der Waals surface area (Å²) < 4.78 is 18.5. The molecule has 1 aliphatic rings. The van der Waals surface area contributed by atoms with E-state index in [9.17, 15) is 18.8 Å². The number of aromatic amines is 1. The van der Waals surface area contributed by atoms with Crippen molar-refractivity contribution in [2.24, 2.45) is 0 Å². The van der Waals surface area contributed by atoms with E-state index in [-0.39, 0.29) is 43.7 Å². The Kier molecular flexibility index (Phi) is 5.41. The van der Waals surface area contributed by atoms with Gasteiger partial charge in [0.2, 0.25) is 11.8 Å². The quantitative estimate of drug-likeness (QED) is 0.709. The van der Waals surface area contributed by atoms with Crippen LogP contribution in [0.15, 0.2) is 24.4 Å². The molecule has 144 valence electrons. The van der Waals surface area contributed by atoms with E-state index in [1.165, 1.54) is 24.0 Å². The van der Waals surface area contributed by atoms with Gasteiger partial charge in [-0.3, -0.25) is 9.59 Å². The summed E-state index contributed by atoms with van der Waals surface area (Å²) in [5, 5.41) is 12.5. The van der Waals surface area contributed by atoms with Crippen LogP contribution in [0.5, 0.6) is 0 Å². The zero-order valence-electron chi connectivity index (χ0n) is 14.7. The molecule has 0 radical (unpaired) electrons. The molecule has 1 aliphatic heterocycles. The highest BCUT2D eigenvalue weighted by molar-refractivity contribution is 5.89. The number of nitrogens with zero attached hydrogens (tertiary/aromatic N) is 1. The van der Waals surface area contributed by atoms with E-state index in [1.54, 1.807) is 12.3 Å². The van der Waals surface area contributed by atoms with Gasteiger partial charge in [-0.1, -0.05) is 0 Å². The SMILES string of the molecule is CC(=O)NC(Cc1c[nH]c2cc(F)ccc12)C(=O)N1CCOC(C(=O)O)C1. The lowest BCUT2D eigenvalue weighted by atomic mass is 10.0. The summed E-state index contributed by atoms with van der Waals surface area (Å²) in [6.45, 7) is 1.59. The maximum absolute atomic E-state index is 13.4. The molecule has 1 aromatic heterocycles. The van der Waals surface area contributed by atoms with Gasteiger partial charge >= 0.3 is 5.97 Å². The van der Waals surface area contributed by atoms with Crippen LogP contribution in [0.1, 0.15) is 12.5 Å². The first kappa shape index (κ1) is 18.8. The van der Waals surface area contributed by atoms with Crippen LogP contribution in [0.2, 0.25) is 0 Å². The number of benzene rings is 1. The number of carbonyl (C=O) groups is 3. The van der Waals surface area contributed by atoms with Crippen LogP contribution in [-0.2, 0) is 25.5 Å². The molecule has 1 saturated heterocycles. The highest BCUT2D eigenvalue weighted by atomic mass is 19.1. The topological polar surface area (TPSA) is 112 Å². The van der Waals surface area contributed by atoms with Gasteiger partial charge in [-0.2, -0.15) is 0 Å². The number of aliphatic carboxylic acids is 1. The van der Waals surface area contributed by atoms with Gasteiger partial charge in [-0.25, -0.2) is 9.18 Å². The van der Waals surface area contributed by atoms with E-state index in [4.69, 9.17) is 9.84 Å². The number of fused-ring (bicyclic) bond motifs is 1. The predicted octanol–water partition coefficient (Wildman–Crippen LogP) is 0.666. The predicted molar refractivity (Wildman–Crippen MR) is 93.5 cm³/mol. The molecule has 0 spiro atoms. The van der Waals surface area contributed by atoms with Crippen molar-refractivity contribution in [2.45, 2.75) is 25.5 Å². The third kappa shape index (κ3) is 4.25. The fourth-order valence-corrected chi connectivity index (χ4v) is 3.21. The number of carboxylic acid groups (broad SMARTS) is 1. The van der Waals surface area contributed by atoms with Crippen molar-refractivity contribution >= 4 is 28.7 Å². The highest BCUT2D eigenvalue weighted by Crippen LogP contribution is 2.21. The van der Waals surface area contributed by atoms with Gasteiger partial charge < -0.3 is 25.0 Å². The number of H-pyrrole nitrogens is 1. The first-order valence-electron chi connectivity index (χ1n) is 8.51. The summed E-state index contributed by atoms with van der Waals surface area (Å²) in [5.74, 6) is -2.26. The lowest BCUT2D eigenvalue weighted by Gasteiger charge is -2.33. The monoisotopic (exact) mass is 377 g/mol. The maximum atomic E-state index is 13.4. The number of aromatic nitrogens is 1. The van der Waals surface area contributed by atoms with E-state index in [2.05, 4.69) is 10.3 Å². The first-order valence-corrected chi connectivity index (χ1v) is 8.51. The van der Waals surface area contributed by atoms with E-state index >= 15 is 0 Å². The van der Waals surface area contributed by atoms with Gasteiger partial charge in [-0.05, 0) is 23.8 Å². The highest BCUT2D eigenvalue weighted by Gasteiger charge is 2.33. The van der Waals surface area contributed by atoms with Crippen LogP contribution in [0.3, 0.4) is 0 Å². The van der Waals surface area contributed by atoms with Crippen LogP contribution < -0.4 is 5.32 Å². The van der Waals surface area contributed by atoms with Gasteiger partial charge in [0.15, 0.2) is 6.10 Å². The van der Waals surface area contributed by atoms with Gasteiger partial charge in [0, 0.05) is 37.0 Å². The number of nitrogens with one attached hydrogen (secondary N) is 2. The maximum Gasteiger partial charge on any atom is 0.334 e. The van der Waals surface area contributed by atoms with Crippen molar-refractivity contribution < 1.29 is 28.6 Å². The molecule has 1 aromatic carbocycles. The van der Waals surface area contributed by atoms with Crippen molar-refractivity contribution in [3.05, 3.63) is 35.8 Å². The molecule has 0 bridgehead atoms. The van der Waals surface area contributed by atoms with Crippen molar-refractivity contribution in [3.8, 4) is 0 Å². The smallest absolute Gasteiger partial charge is 0.334 e. The molecule has 8 nitrogen and oxygen atoms in total. The molecule has 0 saturated carbocycles. The third-order valence-electron chi connectivity index (χ3n) is 4.48. The normalized spacial score (nSPS) is 18.3. The Morgan fingerprint density at radius 3 is 2.93 bits per heavy atom. The van der Waals surface area contributed by atoms with Gasteiger partial charge in [0.1, 0.15) is 11.9 Å². The molecule has 2 aromatic rings. The zero-order valence-corrected chi connectivity index (χ0v) is 14.7. The second kappa shape index (κ2) is 7.75. The van der Waals surface area contributed by atoms with E-state index in [0.717, 1.165) is 10.9 Å². The Hall–Kier alpha value is -2.94. The minimum absolute atomic E-state index is 0.0800. The summed E-state index contributed by atoms with van der Waals surface area (Å²) in [6.07, 6.45) is 0.779. The number of morpholine rings is 1. The summed E-state index contributed by atoms with van der Waals surface area (Å²) >= 11 is 0. The second-order valence-electron chi connectivity index (χ2n) is 6.44. The van der Waals surface area contributed by atoms with Crippen LogP contribution in [0, 0.1) is 5.82 Å². The van der Waals surface area contributed by atoms with Crippen molar-refractivity contribution in [1.29, 1.82) is 0 Å². The minimum Gasteiger partial charge on any atom is -0.479 e. The largest absolute Gasteiger partial charge is 0.479 e. The fraction of sp³-hybridized carbons (Fsp3) is 0.389. The molecule has 3 rings (SSSR count). The van der Waals surface area contributed by atoms with Gasteiger partial charge in [-0.15, -0.1) is 0 Å². The lowest BCUT2D eigenvalue weighted by molar-refractivity contribution is -0.160. The van der Waals surface area contributed by atoms with Crippen molar-refractivity contribution in [2.75, 3.05) is 19.7 Å². The molecule has 1 fully saturated rings. The molecule has 2 heterocycles. The average molecular weight is 377 g/mol. The van der Waals surface area contributed by atoms with Crippen LogP contribution in [-0.4, -0.2) is 64.6 Å². The van der Waals surface area contributed by atoms with Crippen LogP contribution in [0.4, 0.5) is 4.39 Å². The molecular weight excluding hydrogens is 357 g/mol. The summed E-state index contributed by atoms with van der Waals surface area (Å²) in [4.78, 5) is 40.0. The average Bonchev–Trinajstić information content (AvgIpc) is 3.02. The fourth-order valence-electron chi connectivity index (χ4n) is 3.21. The minimum atomic E-state index is -1.14. The zero-order chi connectivity index (χ0) is 19.6. The second-order valence-corrected chi connectivity index (χ2v) is 6.44. The Balaban J connectivity index is 1.81. The number of amides is 2. The number of rotatable bonds is 5. The molecule has 3 N–H and O–H groups in total. The Labute approximate surface area is 154 Å². The summed E-state index contributed by atoms with van der Waals surface area (Å²) in [6, 6.07) is 3.43. The molecule has 0 aliphatic carbocycles. The number of halogens is 1. The number of carbonyl (C=O) groups excluding carboxylic acids is 2. The van der Waals surface area contributed by atoms with E-state index in [1.807, 2.05) is 0 Å². The van der Waals surface area contributed by atoms with E-state index < -0.39 is 18.1 Å². The molecular formula is C18H20FN3O5. The third-order valence-corrected chi connectivity index (χ3v) is 4.48. The Bertz CT molecular complexity index is 881. The lowest BCUT2D eigenvalue weighted by Crippen LogP contribution is -2.55. The molecule has 2 amide bonds. The number of ether oxygens (including phenoxy) is 1. The molecule has 27 heavy (non-hydrogen) atoms. The number of hydrogen-bond donors (Lipinski definition) is 3. The van der Waals surface area contributed by atoms with Crippen LogP contribution >= 0.6 is 0 Å². The van der Waals surface area contributed by atoms with E-state index in [0.29, 0.717) is 5.52 Å². The first-order chi connectivity index (χ1) is 12.8. The van der Waals surface area contributed by atoms with Gasteiger partial charge in [0.25, 0.3) is 0 Å². The van der Waals surface area contributed by atoms with Crippen molar-refractivity contribution in [1.82, 2.24) is 15.2 Å². The van der Waals surface area contributed by atoms with Crippen molar-refractivity contribution in [3.63, 3.8) is 0 Å². The molecule has 2 atom stereocenters. The Morgan fingerprint density at radius 2 is 2.22 bits per heavy atom. The Morgan fingerprint density at radius 1 is 1.44 bits per heavy atom. The standard InChI is InChI=1S/C18H20FN3O5/c1-10(23)21-15(17(24)22-4-5-27-16(9-22)18(25)26)6-11-8-20-14-7-12(19)2-3-13(11)14/h2-3,7-8,15-16,20H,4-6,9H2,1H3,(H,21,23)(H,25,26). The van der Waals surface area contributed by atoms with Gasteiger partial charge in [0.05, 0.1) is 13.2 Å². The number of carboxylic acids is 1. The summed E-state index contributed by atoms with van der Waals surface area (Å²) in [5.41, 5.74) is 1.34. The van der Waals surface area contributed by atoms with Crippen LogP contribution in [0.25, 0.3) is 10.9 Å². The summed E-state index contributed by atoms with van der Waals surface area (Å²) in [7, 11) is 0.